The zero-order chi connectivity index (χ0) is 14.0. The van der Waals surface area contributed by atoms with E-state index in [0.717, 1.165) is 11.3 Å². The van der Waals surface area contributed by atoms with Crippen molar-refractivity contribution >= 4 is 0 Å². The van der Waals surface area contributed by atoms with E-state index in [2.05, 4.69) is 32.9 Å². The monoisotopic (exact) mass is 255 g/mol. The summed E-state index contributed by atoms with van der Waals surface area (Å²) in [5, 5.41) is 0. The molecule has 0 aliphatic heterocycles. The van der Waals surface area contributed by atoms with Gasteiger partial charge in [0.25, 0.3) is 0 Å². The topological polar surface area (TPSA) is 35.2 Å². The van der Waals surface area contributed by atoms with E-state index < -0.39 is 0 Å². The molecule has 2 heteroatoms. The quantitative estimate of drug-likeness (QED) is 0.908. The highest BCUT2D eigenvalue weighted by molar-refractivity contribution is 5.43. The number of aryl methyl sites for hydroxylation is 3. The highest BCUT2D eigenvalue weighted by atomic mass is 16.5. The molecule has 2 aromatic rings. The summed E-state index contributed by atoms with van der Waals surface area (Å²) in [7, 11) is 1.67. The third-order valence-electron chi connectivity index (χ3n) is 3.67. The zero-order valence-corrected chi connectivity index (χ0v) is 12.0. The Kier molecular flexibility index (Phi) is 3.91. The highest BCUT2D eigenvalue weighted by Gasteiger charge is 2.13. The number of hydrogen-bond acceptors (Lipinski definition) is 2. The summed E-state index contributed by atoms with van der Waals surface area (Å²) in [6, 6.07) is 12.2. The molecule has 0 amide bonds. The number of hydrogen-bond donors (Lipinski definition) is 1. The highest BCUT2D eigenvalue weighted by Crippen LogP contribution is 2.27. The summed E-state index contributed by atoms with van der Waals surface area (Å²) in [6.45, 7) is 6.36. The van der Waals surface area contributed by atoms with Gasteiger partial charge in [0.15, 0.2) is 0 Å². The van der Waals surface area contributed by atoms with Gasteiger partial charge in [-0.3, -0.25) is 0 Å². The second kappa shape index (κ2) is 5.45. The maximum Gasteiger partial charge on any atom is 0.119 e. The van der Waals surface area contributed by atoms with E-state index in [1.165, 1.54) is 22.3 Å². The third-order valence-corrected chi connectivity index (χ3v) is 3.67. The second-order valence-corrected chi connectivity index (χ2v) is 5.05. The molecule has 0 radical (unpaired) electrons. The number of rotatable bonds is 3. The van der Waals surface area contributed by atoms with Gasteiger partial charge in [-0.1, -0.05) is 24.3 Å². The average molecular weight is 255 g/mol. The van der Waals surface area contributed by atoms with Crippen LogP contribution in [-0.2, 0) is 0 Å². The molecule has 2 aromatic carbocycles. The maximum absolute atomic E-state index is 6.40. The molecular formula is C17H21NO. The van der Waals surface area contributed by atoms with Crippen molar-refractivity contribution in [2.45, 2.75) is 26.8 Å². The van der Waals surface area contributed by atoms with Crippen LogP contribution in [-0.4, -0.2) is 7.11 Å². The van der Waals surface area contributed by atoms with Crippen LogP contribution in [0.1, 0.15) is 33.9 Å². The Morgan fingerprint density at radius 2 is 1.63 bits per heavy atom. The van der Waals surface area contributed by atoms with Gasteiger partial charge in [-0.2, -0.15) is 0 Å². The van der Waals surface area contributed by atoms with E-state index in [1.54, 1.807) is 7.11 Å². The van der Waals surface area contributed by atoms with Crippen LogP contribution in [0.2, 0.25) is 0 Å². The maximum atomic E-state index is 6.40. The van der Waals surface area contributed by atoms with Gasteiger partial charge < -0.3 is 10.5 Å². The molecular weight excluding hydrogens is 234 g/mol. The Morgan fingerprint density at radius 3 is 2.32 bits per heavy atom. The standard InChI is InChI=1S/C17H21NO/c1-11-8-13(3)16(9-12(11)2)17(18)14-6-5-7-15(10-14)19-4/h5-10,17H,18H2,1-4H3. The number of ether oxygens (including phenoxy) is 1. The lowest BCUT2D eigenvalue weighted by Crippen LogP contribution is -2.14. The number of nitrogens with two attached hydrogens (primary N) is 1. The molecule has 2 N–H and O–H groups in total. The summed E-state index contributed by atoms with van der Waals surface area (Å²) in [5.74, 6) is 0.842. The van der Waals surface area contributed by atoms with Crippen molar-refractivity contribution in [3.8, 4) is 5.75 Å². The van der Waals surface area contributed by atoms with Crippen LogP contribution in [0.25, 0.3) is 0 Å². The van der Waals surface area contributed by atoms with E-state index >= 15 is 0 Å². The SMILES string of the molecule is COc1cccc(C(N)c2cc(C)c(C)cc2C)c1. The summed E-state index contributed by atoms with van der Waals surface area (Å²) >= 11 is 0. The van der Waals surface area contributed by atoms with Crippen molar-refractivity contribution in [1.29, 1.82) is 0 Å². The van der Waals surface area contributed by atoms with Crippen molar-refractivity contribution in [3.05, 3.63) is 64.2 Å². The van der Waals surface area contributed by atoms with E-state index in [0.29, 0.717) is 0 Å². The van der Waals surface area contributed by atoms with Gasteiger partial charge in [-0.25, -0.2) is 0 Å². The molecule has 19 heavy (non-hydrogen) atoms. The first-order valence-electron chi connectivity index (χ1n) is 6.50. The second-order valence-electron chi connectivity index (χ2n) is 5.05. The van der Waals surface area contributed by atoms with Crippen LogP contribution in [0.15, 0.2) is 36.4 Å². The molecule has 0 aliphatic carbocycles. The van der Waals surface area contributed by atoms with Gasteiger partial charge in [0, 0.05) is 0 Å². The number of benzene rings is 2. The van der Waals surface area contributed by atoms with E-state index in [4.69, 9.17) is 10.5 Å². The molecule has 2 rings (SSSR count). The molecule has 0 saturated carbocycles. The Labute approximate surface area is 115 Å². The van der Waals surface area contributed by atoms with Crippen LogP contribution >= 0.6 is 0 Å². The molecule has 2 nitrogen and oxygen atoms in total. The minimum absolute atomic E-state index is 0.116. The average Bonchev–Trinajstić information content (AvgIpc) is 2.42. The molecule has 0 heterocycles. The van der Waals surface area contributed by atoms with Gasteiger partial charge in [0.1, 0.15) is 5.75 Å². The first-order chi connectivity index (χ1) is 9.02. The van der Waals surface area contributed by atoms with E-state index in [9.17, 15) is 0 Å². The van der Waals surface area contributed by atoms with Gasteiger partial charge in [-0.15, -0.1) is 0 Å². The molecule has 0 aromatic heterocycles. The summed E-state index contributed by atoms with van der Waals surface area (Å²) < 4.78 is 5.26. The van der Waals surface area contributed by atoms with Gasteiger partial charge in [-0.05, 0) is 60.7 Å². The Bertz CT molecular complexity index is 590. The molecule has 0 bridgehead atoms. The molecule has 0 fully saturated rings. The minimum atomic E-state index is -0.116. The van der Waals surface area contributed by atoms with Gasteiger partial charge in [0.05, 0.1) is 13.2 Å². The predicted molar refractivity (Wildman–Crippen MR) is 79.7 cm³/mol. The van der Waals surface area contributed by atoms with Crippen LogP contribution in [0.5, 0.6) is 5.75 Å². The fourth-order valence-electron chi connectivity index (χ4n) is 2.33. The number of methoxy groups -OCH3 is 1. The van der Waals surface area contributed by atoms with Crippen molar-refractivity contribution in [3.63, 3.8) is 0 Å². The third kappa shape index (κ3) is 2.79. The van der Waals surface area contributed by atoms with Crippen molar-refractivity contribution in [1.82, 2.24) is 0 Å². The Balaban J connectivity index is 2.43. The summed E-state index contributed by atoms with van der Waals surface area (Å²) in [6.07, 6.45) is 0. The smallest absolute Gasteiger partial charge is 0.119 e. The fraction of sp³-hybridized carbons (Fsp3) is 0.294. The summed E-state index contributed by atoms with van der Waals surface area (Å²) in [4.78, 5) is 0. The zero-order valence-electron chi connectivity index (χ0n) is 12.0. The molecule has 1 atom stereocenters. The minimum Gasteiger partial charge on any atom is -0.497 e. The molecule has 0 saturated heterocycles. The Morgan fingerprint density at radius 1 is 0.947 bits per heavy atom. The fourth-order valence-corrected chi connectivity index (χ4v) is 2.33. The van der Waals surface area contributed by atoms with Gasteiger partial charge >= 0.3 is 0 Å². The molecule has 0 aliphatic rings. The lowest BCUT2D eigenvalue weighted by atomic mass is 9.92. The van der Waals surface area contributed by atoms with Crippen LogP contribution in [0, 0.1) is 20.8 Å². The van der Waals surface area contributed by atoms with E-state index in [1.807, 2.05) is 24.3 Å². The lowest BCUT2D eigenvalue weighted by Gasteiger charge is -2.18. The first kappa shape index (κ1) is 13.6. The molecule has 1 unspecified atom stereocenters. The van der Waals surface area contributed by atoms with Crippen LogP contribution in [0.4, 0.5) is 0 Å². The lowest BCUT2D eigenvalue weighted by molar-refractivity contribution is 0.414. The normalized spacial score (nSPS) is 12.3. The summed E-state index contributed by atoms with van der Waals surface area (Å²) in [5.41, 5.74) is 12.5. The van der Waals surface area contributed by atoms with E-state index in [-0.39, 0.29) is 6.04 Å². The van der Waals surface area contributed by atoms with Crippen molar-refractivity contribution < 1.29 is 4.74 Å². The van der Waals surface area contributed by atoms with Crippen LogP contribution < -0.4 is 10.5 Å². The van der Waals surface area contributed by atoms with Gasteiger partial charge in [0.2, 0.25) is 0 Å². The largest absolute Gasteiger partial charge is 0.497 e. The van der Waals surface area contributed by atoms with Crippen LogP contribution in [0.3, 0.4) is 0 Å². The first-order valence-corrected chi connectivity index (χ1v) is 6.50. The predicted octanol–water partition coefficient (Wildman–Crippen LogP) is 3.67. The van der Waals surface area contributed by atoms with Crippen molar-refractivity contribution in [2.75, 3.05) is 7.11 Å². The molecule has 0 spiro atoms. The molecule has 100 valence electrons. The Hall–Kier alpha value is -1.80. The van der Waals surface area contributed by atoms with Crippen molar-refractivity contribution in [2.24, 2.45) is 5.73 Å².